The zero-order chi connectivity index (χ0) is 14.9. The Morgan fingerprint density at radius 1 is 1.43 bits per heavy atom. The second kappa shape index (κ2) is 5.48. The monoisotopic (exact) mass is 292 g/mol. The Balaban J connectivity index is 1.70. The smallest absolute Gasteiger partial charge is 0.309 e. The van der Waals surface area contributed by atoms with Crippen molar-refractivity contribution in [2.45, 2.75) is 19.4 Å². The molecule has 2 N–H and O–H groups in total. The van der Waals surface area contributed by atoms with Gasteiger partial charge in [-0.05, 0) is 18.9 Å². The highest BCUT2D eigenvalue weighted by Crippen LogP contribution is 2.48. The van der Waals surface area contributed by atoms with E-state index in [2.05, 4.69) is 10.4 Å². The number of nitrogens with zero attached hydrogens (tertiary/aromatic N) is 3. The van der Waals surface area contributed by atoms with Crippen molar-refractivity contribution in [1.82, 2.24) is 20.0 Å². The number of aliphatic carboxylic acids is 1. The molecule has 3 rings (SSSR count). The number of hydrogen-bond donors (Lipinski definition) is 2. The molecule has 1 amide bonds. The molecule has 2 aliphatic rings. The fourth-order valence-corrected chi connectivity index (χ4v) is 2.89. The van der Waals surface area contributed by atoms with E-state index in [9.17, 15) is 14.7 Å². The van der Waals surface area contributed by atoms with Crippen LogP contribution in [0.4, 0.5) is 0 Å². The maximum atomic E-state index is 12.8. The number of rotatable bonds is 4. The van der Waals surface area contributed by atoms with Crippen LogP contribution in [0.1, 0.15) is 12.8 Å². The van der Waals surface area contributed by atoms with Gasteiger partial charge in [0.25, 0.3) is 0 Å². The number of hydrogen-bond acceptors (Lipinski definition) is 4. The summed E-state index contributed by atoms with van der Waals surface area (Å²) in [5, 5.41) is 16.5. The summed E-state index contributed by atoms with van der Waals surface area (Å²) in [6.07, 6.45) is 5.27. The van der Waals surface area contributed by atoms with Crippen molar-refractivity contribution in [3.8, 4) is 0 Å². The van der Waals surface area contributed by atoms with Gasteiger partial charge in [-0.15, -0.1) is 0 Å². The van der Waals surface area contributed by atoms with Crippen LogP contribution in [0.25, 0.3) is 0 Å². The first-order chi connectivity index (χ1) is 10.1. The molecule has 1 aromatic heterocycles. The summed E-state index contributed by atoms with van der Waals surface area (Å²) in [4.78, 5) is 25.7. The third kappa shape index (κ3) is 2.92. The molecule has 0 unspecified atom stereocenters. The van der Waals surface area contributed by atoms with Crippen molar-refractivity contribution in [2.75, 3.05) is 26.2 Å². The molecular formula is C14H20N4O3. The van der Waals surface area contributed by atoms with Crippen molar-refractivity contribution < 1.29 is 14.7 Å². The van der Waals surface area contributed by atoms with Crippen LogP contribution in [0.3, 0.4) is 0 Å². The Morgan fingerprint density at radius 3 is 2.86 bits per heavy atom. The highest BCUT2D eigenvalue weighted by Gasteiger charge is 2.52. The van der Waals surface area contributed by atoms with Crippen molar-refractivity contribution >= 4 is 11.9 Å². The Kier molecular flexibility index (Phi) is 3.67. The number of nitrogens with one attached hydrogen (secondary N) is 1. The first-order valence-corrected chi connectivity index (χ1v) is 7.31. The summed E-state index contributed by atoms with van der Waals surface area (Å²) in [5.74, 6) is -1.30. The summed E-state index contributed by atoms with van der Waals surface area (Å²) in [7, 11) is 0. The van der Waals surface area contributed by atoms with Crippen molar-refractivity contribution in [3.05, 3.63) is 18.5 Å². The minimum absolute atomic E-state index is 0.0768. The molecule has 2 heterocycles. The molecular weight excluding hydrogens is 272 g/mol. The third-order valence-corrected chi connectivity index (χ3v) is 4.36. The molecule has 0 bridgehead atoms. The largest absolute Gasteiger partial charge is 0.481 e. The second-order valence-electron chi connectivity index (χ2n) is 5.97. The number of amides is 1. The molecule has 7 nitrogen and oxygen atoms in total. The van der Waals surface area contributed by atoms with Crippen LogP contribution >= 0.6 is 0 Å². The molecule has 1 aromatic rings. The SMILES string of the molecule is O=C(O)[C@H]1CNCCN(C(=O)C2(Cn3cccn3)CC2)C1. The average molecular weight is 292 g/mol. The summed E-state index contributed by atoms with van der Waals surface area (Å²) in [5.41, 5.74) is -0.376. The quantitative estimate of drug-likeness (QED) is 0.802. The summed E-state index contributed by atoms with van der Waals surface area (Å²) in [6, 6.07) is 1.84. The average Bonchev–Trinajstić information content (AvgIpc) is 3.14. The molecule has 1 saturated carbocycles. The van der Waals surface area contributed by atoms with E-state index >= 15 is 0 Å². The molecule has 21 heavy (non-hydrogen) atoms. The molecule has 1 aliphatic carbocycles. The maximum Gasteiger partial charge on any atom is 0.309 e. The molecule has 2 fully saturated rings. The van der Waals surface area contributed by atoms with Gasteiger partial charge in [-0.25, -0.2) is 0 Å². The molecule has 1 aliphatic heterocycles. The Hall–Kier alpha value is -1.89. The predicted molar refractivity (Wildman–Crippen MR) is 74.5 cm³/mol. The highest BCUT2D eigenvalue weighted by molar-refractivity contribution is 5.86. The molecule has 1 saturated heterocycles. The van der Waals surface area contributed by atoms with E-state index in [0.29, 0.717) is 32.7 Å². The number of carboxylic acids is 1. The topological polar surface area (TPSA) is 87.5 Å². The van der Waals surface area contributed by atoms with Gasteiger partial charge in [0, 0.05) is 38.6 Å². The molecule has 0 spiro atoms. The van der Waals surface area contributed by atoms with Gasteiger partial charge in [-0.3, -0.25) is 14.3 Å². The minimum atomic E-state index is -0.848. The Labute approximate surface area is 122 Å². The van der Waals surface area contributed by atoms with Gasteiger partial charge < -0.3 is 15.3 Å². The maximum absolute atomic E-state index is 12.8. The third-order valence-electron chi connectivity index (χ3n) is 4.36. The van der Waals surface area contributed by atoms with Crippen LogP contribution in [-0.2, 0) is 16.1 Å². The molecule has 1 atom stereocenters. The highest BCUT2D eigenvalue weighted by atomic mass is 16.4. The number of aromatic nitrogens is 2. The van der Waals surface area contributed by atoms with E-state index in [1.54, 1.807) is 15.8 Å². The van der Waals surface area contributed by atoms with Crippen molar-refractivity contribution in [2.24, 2.45) is 11.3 Å². The summed E-state index contributed by atoms with van der Waals surface area (Å²) < 4.78 is 1.79. The zero-order valence-corrected chi connectivity index (χ0v) is 11.9. The van der Waals surface area contributed by atoms with E-state index < -0.39 is 11.9 Å². The predicted octanol–water partition coefficient (Wildman–Crippen LogP) is -0.204. The zero-order valence-electron chi connectivity index (χ0n) is 11.9. The first-order valence-electron chi connectivity index (χ1n) is 7.31. The van der Waals surface area contributed by atoms with E-state index in [1.807, 2.05) is 12.3 Å². The van der Waals surface area contributed by atoms with Crippen molar-refractivity contribution in [1.29, 1.82) is 0 Å². The van der Waals surface area contributed by atoms with E-state index in [-0.39, 0.29) is 11.3 Å². The van der Waals surface area contributed by atoms with Crippen LogP contribution < -0.4 is 5.32 Å². The lowest BCUT2D eigenvalue weighted by Gasteiger charge is -2.27. The van der Waals surface area contributed by atoms with E-state index in [0.717, 1.165) is 12.8 Å². The first kappa shape index (κ1) is 14.1. The van der Waals surface area contributed by atoms with Crippen LogP contribution in [0.15, 0.2) is 18.5 Å². The van der Waals surface area contributed by atoms with Crippen LogP contribution in [-0.4, -0.2) is 57.8 Å². The molecule has 114 valence electrons. The van der Waals surface area contributed by atoms with E-state index in [4.69, 9.17) is 0 Å². The number of carbonyl (C=O) groups is 2. The van der Waals surface area contributed by atoms with Gasteiger partial charge in [0.1, 0.15) is 0 Å². The van der Waals surface area contributed by atoms with Gasteiger partial charge >= 0.3 is 5.97 Å². The van der Waals surface area contributed by atoms with Gasteiger partial charge in [0.05, 0.1) is 17.9 Å². The Bertz CT molecular complexity index is 524. The van der Waals surface area contributed by atoms with Crippen molar-refractivity contribution in [3.63, 3.8) is 0 Å². The number of carbonyl (C=O) groups excluding carboxylic acids is 1. The molecule has 0 aromatic carbocycles. The van der Waals surface area contributed by atoms with Crippen LogP contribution in [0, 0.1) is 11.3 Å². The van der Waals surface area contributed by atoms with Gasteiger partial charge in [-0.1, -0.05) is 0 Å². The standard InChI is InChI=1S/C14H20N4O3/c19-12(20)11-8-15-5-7-17(9-11)13(21)14(2-3-14)10-18-6-1-4-16-18/h1,4,6,11,15H,2-3,5,7-10H2,(H,19,20)/t11-/m0/s1. The van der Waals surface area contributed by atoms with Crippen LogP contribution in [0.2, 0.25) is 0 Å². The fraction of sp³-hybridized carbons (Fsp3) is 0.643. The van der Waals surface area contributed by atoms with Gasteiger partial charge in [0.15, 0.2) is 0 Å². The second-order valence-corrected chi connectivity index (χ2v) is 5.97. The lowest BCUT2D eigenvalue weighted by Crippen LogP contribution is -2.43. The van der Waals surface area contributed by atoms with Gasteiger partial charge in [0.2, 0.25) is 5.91 Å². The lowest BCUT2D eigenvalue weighted by molar-refractivity contribution is -0.144. The number of carboxylic acid groups (broad SMARTS) is 1. The molecule has 0 radical (unpaired) electrons. The molecule has 7 heteroatoms. The Morgan fingerprint density at radius 2 is 2.24 bits per heavy atom. The normalized spacial score (nSPS) is 24.4. The minimum Gasteiger partial charge on any atom is -0.481 e. The summed E-state index contributed by atoms with van der Waals surface area (Å²) in [6.45, 7) is 2.52. The lowest BCUT2D eigenvalue weighted by atomic mass is 10.0. The van der Waals surface area contributed by atoms with E-state index in [1.165, 1.54) is 0 Å². The van der Waals surface area contributed by atoms with Gasteiger partial charge in [-0.2, -0.15) is 5.10 Å². The summed E-state index contributed by atoms with van der Waals surface area (Å²) >= 11 is 0. The van der Waals surface area contributed by atoms with Crippen LogP contribution in [0.5, 0.6) is 0 Å². The fourth-order valence-electron chi connectivity index (χ4n) is 2.89.